The van der Waals surface area contributed by atoms with Gasteiger partial charge in [-0.3, -0.25) is 0 Å². The molecule has 4 aromatic rings. The number of H-pyrrole nitrogens is 1. The first-order valence-electron chi connectivity index (χ1n) is 10.2. The Morgan fingerprint density at radius 2 is 1.81 bits per heavy atom. The molecule has 0 aliphatic rings. The van der Waals surface area contributed by atoms with Crippen molar-refractivity contribution >= 4 is 38.5 Å². The minimum atomic E-state index is -4.26. The van der Waals surface area contributed by atoms with Gasteiger partial charge < -0.3 is 19.2 Å². The molecule has 3 aromatic heterocycles. The minimum Gasteiger partial charge on any atom is -0.478 e. The summed E-state index contributed by atoms with van der Waals surface area (Å²) in [6.45, 7) is 0.756. The molecule has 0 unspecified atom stereocenters. The Kier molecular flexibility index (Phi) is 7.08. The number of hydrogen-bond acceptors (Lipinski definition) is 9. The molecule has 0 saturated heterocycles. The highest BCUT2D eigenvalue weighted by molar-refractivity contribution is 7.93. The van der Waals surface area contributed by atoms with Crippen LogP contribution in [-0.4, -0.2) is 60.6 Å². The zero-order valence-corrected chi connectivity index (χ0v) is 20.6. The van der Waals surface area contributed by atoms with Gasteiger partial charge in [-0.2, -0.15) is 9.97 Å². The van der Waals surface area contributed by atoms with Gasteiger partial charge >= 0.3 is 0 Å². The fraction of sp³-hybridized carbons (Fsp3) is 0.238. The van der Waals surface area contributed by atoms with E-state index in [1.807, 2.05) is 0 Å². The van der Waals surface area contributed by atoms with E-state index in [0.717, 1.165) is 0 Å². The SMILES string of the molecule is COc1nc(NS(=O)(=O)c2c[nH]c3c(-c4ccnc(C)n4)c(Cl)ccc23)nc(OC)c1OCC(F)F. The van der Waals surface area contributed by atoms with Crippen LogP contribution in [0, 0.1) is 6.92 Å². The van der Waals surface area contributed by atoms with E-state index >= 15 is 0 Å². The maximum atomic E-state index is 13.3. The van der Waals surface area contributed by atoms with Crippen LogP contribution < -0.4 is 18.9 Å². The molecule has 0 saturated carbocycles. The second kappa shape index (κ2) is 10.1. The van der Waals surface area contributed by atoms with E-state index in [1.54, 1.807) is 31.3 Å². The number of anilines is 1. The molecule has 36 heavy (non-hydrogen) atoms. The number of aromatic nitrogens is 5. The van der Waals surface area contributed by atoms with Crippen molar-refractivity contribution in [2.24, 2.45) is 0 Å². The molecule has 3 heterocycles. The Bertz CT molecular complexity index is 1510. The van der Waals surface area contributed by atoms with Crippen LogP contribution in [0.5, 0.6) is 17.5 Å². The summed E-state index contributed by atoms with van der Waals surface area (Å²) in [5.41, 5.74) is 1.45. The zero-order valence-electron chi connectivity index (χ0n) is 19.0. The van der Waals surface area contributed by atoms with E-state index in [0.29, 0.717) is 33.0 Å². The van der Waals surface area contributed by atoms with Crippen molar-refractivity contribution in [2.75, 3.05) is 25.5 Å². The monoisotopic (exact) mass is 540 g/mol. The average Bonchev–Trinajstić information content (AvgIpc) is 3.27. The van der Waals surface area contributed by atoms with Gasteiger partial charge in [-0.1, -0.05) is 11.6 Å². The smallest absolute Gasteiger partial charge is 0.272 e. The van der Waals surface area contributed by atoms with Gasteiger partial charge in [0.05, 0.1) is 30.5 Å². The number of nitrogens with zero attached hydrogens (tertiary/aromatic N) is 4. The first kappa shape index (κ1) is 25.3. The summed E-state index contributed by atoms with van der Waals surface area (Å²) in [6, 6.07) is 4.76. The third-order valence-electron chi connectivity index (χ3n) is 4.86. The summed E-state index contributed by atoms with van der Waals surface area (Å²) < 4.78 is 69.1. The van der Waals surface area contributed by atoms with Gasteiger partial charge in [0.25, 0.3) is 28.2 Å². The molecule has 2 N–H and O–H groups in total. The fourth-order valence-electron chi connectivity index (χ4n) is 3.39. The van der Waals surface area contributed by atoms with E-state index in [1.165, 1.54) is 20.4 Å². The Balaban J connectivity index is 1.75. The summed E-state index contributed by atoms with van der Waals surface area (Å²) >= 11 is 6.42. The molecule has 0 atom stereocenters. The molecule has 0 fully saturated rings. The van der Waals surface area contributed by atoms with Gasteiger partial charge in [0, 0.05) is 23.3 Å². The minimum absolute atomic E-state index is 0.124. The van der Waals surface area contributed by atoms with Crippen LogP contribution in [0.3, 0.4) is 0 Å². The Hall–Kier alpha value is -3.78. The van der Waals surface area contributed by atoms with E-state index in [4.69, 9.17) is 25.8 Å². The van der Waals surface area contributed by atoms with Crippen molar-refractivity contribution in [2.45, 2.75) is 18.2 Å². The maximum absolute atomic E-state index is 13.3. The lowest BCUT2D eigenvalue weighted by Gasteiger charge is -2.14. The molecule has 1 aromatic carbocycles. The summed E-state index contributed by atoms with van der Waals surface area (Å²) in [6.07, 6.45) is 0.0844. The van der Waals surface area contributed by atoms with Gasteiger partial charge in [0.2, 0.25) is 11.7 Å². The number of nitrogens with one attached hydrogen (secondary N) is 2. The highest BCUT2D eigenvalue weighted by Gasteiger charge is 2.26. The van der Waals surface area contributed by atoms with Crippen molar-refractivity contribution < 1.29 is 31.4 Å². The molecule has 0 aliphatic heterocycles. The predicted molar refractivity (Wildman–Crippen MR) is 127 cm³/mol. The van der Waals surface area contributed by atoms with Crippen LogP contribution in [0.4, 0.5) is 14.7 Å². The molecule has 0 radical (unpaired) electrons. The number of sulfonamides is 1. The normalized spacial score (nSPS) is 11.6. The Morgan fingerprint density at radius 1 is 1.11 bits per heavy atom. The van der Waals surface area contributed by atoms with Crippen LogP contribution >= 0.6 is 11.6 Å². The number of hydrogen-bond donors (Lipinski definition) is 2. The van der Waals surface area contributed by atoms with Gasteiger partial charge in [-0.15, -0.1) is 0 Å². The number of alkyl halides is 2. The topological polar surface area (TPSA) is 141 Å². The molecule has 0 aliphatic carbocycles. The predicted octanol–water partition coefficient (Wildman–Crippen LogP) is 3.84. The second-order valence-electron chi connectivity index (χ2n) is 7.19. The quantitative estimate of drug-likeness (QED) is 0.324. The number of fused-ring (bicyclic) bond motifs is 1. The number of methoxy groups -OCH3 is 2. The molecular weight excluding hydrogens is 522 g/mol. The highest BCUT2D eigenvalue weighted by atomic mass is 35.5. The second-order valence-corrected chi connectivity index (χ2v) is 9.25. The van der Waals surface area contributed by atoms with Crippen LogP contribution in [0.25, 0.3) is 22.2 Å². The maximum Gasteiger partial charge on any atom is 0.272 e. The molecule has 4 rings (SSSR count). The van der Waals surface area contributed by atoms with Crippen LogP contribution in [0.2, 0.25) is 5.02 Å². The number of halogens is 3. The first-order valence-corrected chi connectivity index (χ1v) is 12.0. The molecule has 15 heteroatoms. The number of aromatic amines is 1. The van der Waals surface area contributed by atoms with Crippen molar-refractivity contribution in [3.8, 4) is 28.8 Å². The molecule has 0 bridgehead atoms. The molecular formula is C21H19ClF2N6O5S. The summed E-state index contributed by atoms with van der Waals surface area (Å²) in [7, 11) is -1.85. The van der Waals surface area contributed by atoms with E-state index < -0.39 is 29.0 Å². The molecule has 11 nitrogen and oxygen atoms in total. The molecule has 0 amide bonds. The van der Waals surface area contributed by atoms with Crippen molar-refractivity contribution in [3.63, 3.8) is 0 Å². The standard InChI is InChI=1S/C21H19ClF2N6O5S/c1-10-25-7-6-13(27-10)16-12(22)5-4-11-14(8-26-17(11)16)36(31,32)30-21-28-19(33-2)18(20(29-21)34-3)35-9-15(23)24/h4-8,15,26H,9H2,1-3H3,(H,28,29,30). The third kappa shape index (κ3) is 4.95. The van der Waals surface area contributed by atoms with E-state index in [9.17, 15) is 17.2 Å². The van der Waals surface area contributed by atoms with Gasteiger partial charge in [-0.25, -0.2) is 31.9 Å². The van der Waals surface area contributed by atoms with E-state index in [2.05, 4.69) is 29.6 Å². The molecule has 190 valence electrons. The summed E-state index contributed by atoms with van der Waals surface area (Å²) in [5.74, 6) is -0.805. The van der Waals surface area contributed by atoms with Crippen molar-refractivity contribution in [1.82, 2.24) is 24.9 Å². The number of aryl methyl sites for hydroxylation is 1. The number of ether oxygens (including phenoxy) is 3. The lowest BCUT2D eigenvalue weighted by atomic mass is 10.1. The van der Waals surface area contributed by atoms with Crippen LogP contribution in [-0.2, 0) is 10.0 Å². The average molecular weight is 541 g/mol. The third-order valence-corrected chi connectivity index (χ3v) is 6.54. The lowest BCUT2D eigenvalue weighted by Crippen LogP contribution is -2.16. The van der Waals surface area contributed by atoms with Crippen molar-refractivity contribution in [1.29, 1.82) is 0 Å². The lowest BCUT2D eigenvalue weighted by molar-refractivity contribution is 0.0781. The Labute approximate surface area is 208 Å². The molecule has 0 spiro atoms. The largest absolute Gasteiger partial charge is 0.478 e. The van der Waals surface area contributed by atoms with E-state index in [-0.39, 0.29) is 22.4 Å². The first-order chi connectivity index (χ1) is 17.1. The summed E-state index contributed by atoms with van der Waals surface area (Å²) in [4.78, 5) is 19.1. The van der Waals surface area contributed by atoms with Gasteiger partial charge in [-0.05, 0) is 25.1 Å². The van der Waals surface area contributed by atoms with Gasteiger partial charge in [0.1, 0.15) is 17.3 Å². The number of benzene rings is 1. The number of rotatable bonds is 9. The highest BCUT2D eigenvalue weighted by Crippen LogP contribution is 2.38. The van der Waals surface area contributed by atoms with Gasteiger partial charge in [0.15, 0.2) is 0 Å². The summed E-state index contributed by atoms with van der Waals surface area (Å²) in [5, 5.41) is 0.686. The Morgan fingerprint density at radius 3 is 2.42 bits per heavy atom. The fourth-order valence-corrected chi connectivity index (χ4v) is 4.76. The zero-order chi connectivity index (χ0) is 26.0. The van der Waals surface area contributed by atoms with Crippen molar-refractivity contribution in [3.05, 3.63) is 41.4 Å². The van der Waals surface area contributed by atoms with Crippen LogP contribution in [0.1, 0.15) is 5.82 Å². The van der Waals surface area contributed by atoms with Crippen LogP contribution in [0.15, 0.2) is 35.5 Å².